The molecule has 0 aromatic carbocycles. The maximum atomic E-state index is 13.1. The Morgan fingerprint density at radius 1 is 1.33 bits per heavy atom. The Morgan fingerprint density at radius 2 is 2.17 bits per heavy atom. The topological polar surface area (TPSA) is 107 Å². The predicted molar refractivity (Wildman–Crippen MR) is 105 cm³/mol. The van der Waals surface area contributed by atoms with Gasteiger partial charge in [0.15, 0.2) is 0 Å². The first kappa shape index (κ1) is 19.2. The number of likely N-dealkylation sites (tertiary alicyclic amines) is 1. The second-order valence-corrected chi connectivity index (χ2v) is 8.73. The van der Waals surface area contributed by atoms with Crippen LogP contribution in [0.25, 0.3) is 0 Å². The van der Waals surface area contributed by atoms with Crippen molar-refractivity contribution in [2.24, 2.45) is 13.0 Å². The van der Waals surface area contributed by atoms with E-state index in [1.807, 2.05) is 22.6 Å². The lowest BCUT2D eigenvalue weighted by Crippen LogP contribution is -2.55. The van der Waals surface area contributed by atoms with Crippen molar-refractivity contribution < 1.29 is 14.3 Å². The predicted octanol–water partition coefficient (Wildman–Crippen LogP) is 0.551. The van der Waals surface area contributed by atoms with Crippen LogP contribution in [-0.4, -0.2) is 60.2 Å². The van der Waals surface area contributed by atoms with Gasteiger partial charge in [-0.05, 0) is 38.7 Å². The number of hydrogen-bond donors (Lipinski definition) is 1. The zero-order valence-electron chi connectivity index (χ0n) is 17.4. The lowest BCUT2D eigenvalue weighted by Gasteiger charge is -2.44. The molecule has 10 nitrogen and oxygen atoms in total. The molecule has 1 N–H and O–H groups in total. The molecule has 0 radical (unpaired) electrons. The van der Waals surface area contributed by atoms with E-state index in [-0.39, 0.29) is 17.7 Å². The van der Waals surface area contributed by atoms with E-state index in [0.29, 0.717) is 38.5 Å². The van der Waals surface area contributed by atoms with Gasteiger partial charge >= 0.3 is 0 Å². The Labute approximate surface area is 174 Å². The summed E-state index contributed by atoms with van der Waals surface area (Å²) < 4.78 is 9.84. The summed E-state index contributed by atoms with van der Waals surface area (Å²) >= 11 is 0. The molecule has 1 unspecified atom stereocenters. The van der Waals surface area contributed by atoms with Crippen molar-refractivity contribution in [2.45, 2.75) is 57.9 Å². The first-order chi connectivity index (χ1) is 14.4. The first-order valence-corrected chi connectivity index (χ1v) is 10.6. The monoisotopic (exact) mass is 413 g/mol. The summed E-state index contributed by atoms with van der Waals surface area (Å²) in [6, 6.07) is 1.82. The molecule has 2 aliphatic heterocycles. The van der Waals surface area contributed by atoms with Gasteiger partial charge in [-0.1, -0.05) is 5.21 Å². The smallest absolute Gasteiger partial charge is 0.272 e. The molecule has 2 fully saturated rings. The van der Waals surface area contributed by atoms with Crippen molar-refractivity contribution in [1.29, 1.82) is 0 Å². The lowest BCUT2D eigenvalue weighted by atomic mass is 9.91. The van der Waals surface area contributed by atoms with Crippen LogP contribution >= 0.6 is 0 Å². The van der Waals surface area contributed by atoms with E-state index in [2.05, 4.69) is 20.7 Å². The number of aryl methyl sites for hydroxylation is 2. The molecular weight excluding hydrogens is 386 g/mol. The molecule has 2 aromatic rings. The SMILES string of the molecule is Cc1cc(C(=O)N2CCCC3(C2)Cn2nnc(CNC(=O)C4CC4)c2CO3)n(C)n1. The molecular formula is C20H27N7O3. The zero-order chi connectivity index (χ0) is 20.9. The quantitative estimate of drug-likeness (QED) is 0.785. The van der Waals surface area contributed by atoms with Crippen molar-refractivity contribution >= 4 is 11.8 Å². The van der Waals surface area contributed by atoms with Crippen molar-refractivity contribution in [2.75, 3.05) is 13.1 Å². The summed E-state index contributed by atoms with van der Waals surface area (Å²) in [5.41, 5.74) is 2.62. The summed E-state index contributed by atoms with van der Waals surface area (Å²) in [5.74, 6) is 0.246. The number of ether oxygens (including phenoxy) is 1. The average molecular weight is 413 g/mol. The number of piperidine rings is 1. The molecule has 5 rings (SSSR count). The normalized spacial score (nSPS) is 23.5. The fraction of sp³-hybridized carbons (Fsp3) is 0.650. The van der Waals surface area contributed by atoms with E-state index in [0.717, 1.165) is 42.8 Å². The molecule has 2 aromatic heterocycles. The Kier molecular flexibility index (Phi) is 4.61. The maximum absolute atomic E-state index is 13.1. The van der Waals surface area contributed by atoms with Crippen LogP contribution in [0.1, 0.15) is 53.3 Å². The molecule has 1 atom stereocenters. The van der Waals surface area contributed by atoms with Crippen LogP contribution in [0.2, 0.25) is 0 Å². The summed E-state index contributed by atoms with van der Waals surface area (Å²) in [7, 11) is 1.79. The van der Waals surface area contributed by atoms with Gasteiger partial charge in [-0.3, -0.25) is 14.3 Å². The van der Waals surface area contributed by atoms with Gasteiger partial charge in [-0.25, -0.2) is 4.68 Å². The highest BCUT2D eigenvalue weighted by atomic mass is 16.5. The van der Waals surface area contributed by atoms with Crippen molar-refractivity contribution in [3.05, 3.63) is 28.8 Å². The summed E-state index contributed by atoms with van der Waals surface area (Å²) in [6.45, 7) is 4.43. The molecule has 160 valence electrons. The van der Waals surface area contributed by atoms with E-state index < -0.39 is 5.60 Å². The summed E-state index contributed by atoms with van der Waals surface area (Å²) in [6.07, 6.45) is 3.69. The van der Waals surface area contributed by atoms with Crippen molar-refractivity contribution in [3.8, 4) is 0 Å². The Morgan fingerprint density at radius 3 is 2.90 bits per heavy atom. The van der Waals surface area contributed by atoms with E-state index in [9.17, 15) is 9.59 Å². The van der Waals surface area contributed by atoms with Crippen LogP contribution in [0.15, 0.2) is 6.07 Å². The minimum atomic E-state index is -0.462. The van der Waals surface area contributed by atoms with Gasteiger partial charge in [-0.2, -0.15) is 5.10 Å². The second kappa shape index (κ2) is 7.19. The van der Waals surface area contributed by atoms with E-state index in [4.69, 9.17) is 4.74 Å². The molecule has 1 spiro atoms. The van der Waals surface area contributed by atoms with Crippen LogP contribution in [-0.2, 0) is 36.3 Å². The molecule has 1 saturated carbocycles. The van der Waals surface area contributed by atoms with Crippen LogP contribution in [0.4, 0.5) is 0 Å². The number of hydrogen-bond acceptors (Lipinski definition) is 6. The van der Waals surface area contributed by atoms with Gasteiger partial charge in [-0.15, -0.1) is 5.10 Å². The van der Waals surface area contributed by atoms with Crippen LogP contribution in [0, 0.1) is 12.8 Å². The minimum Gasteiger partial charge on any atom is -0.365 e. The molecule has 1 aliphatic carbocycles. The molecule has 10 heteroatoms. The zero-order valence-corrected chi connectivity index (χ0v) is 17.4. The van der Waals surface area contributed by atoms with Crippen LogP contribution in [0.5, 0.6) is 0 Å². The molecule has 30 heavy (non-hydrogen) atoms. The fourth-order valence-corrected chi connectivity index (χ4v) is 4.48. The third-order valence-electron chi connectivity index (χ3n) is 6.30. The molecule has 3 aliphatic rings. The van der Waals surface area contributed by atoms with Crippen LogP contribution in [0.3, 0.4) is 0 Å². The third kappa shape index (κ3) is 3.49. The van der Waals surface area contributed by atoms with Gasteiger partial charge < -0.3 is 15.0 Å². The lowest BCUT2D eigenvalue weighted by molar-refractivity contribution is -0.123. The average Bonchev–Trinajstić information content (AvgIpc) is 3.43. The van der Waals surface area contributed by atoms with E-state index in [1.165, 1.54) is 0 Å². The van der Waals surface area contributed by atoms with Gasteiger partial charge in [0, 0.05) is 19.5 Å². The van der Waals surface area contributed by atoms with Gasteiger partial charge in [0.05, 0.1) is 37.6 Å². The van der Waals surface area contributed by atoms with Crippen molar-refractivity contribution in [3.63, 3.8) is 0 Å². The number of fused-ring (bicyclic) bond motifs is 1. The Bertz CT molecular complexity index is 993. The molecule has 0 bridgehead atoms. The number of nitrogens with zero attached hydrogens (tertiary/aromatic N) is 6. The third-order valence-corrected chi connectivity index (χ3v) is 6.30. The number of carbonyl (C=O) groups is 2. The number of aromatic nitrogens is 5. The molecule has 1 saturated heterocycles. The maximum Gasteiger partial charge on any atom is 0.272 e. The highest BCUT2D eigenvalue weighted by Gasteiger charge is 2.43. The molecule has 4 heterocycles. The summed E-state index contributed by atoms with van der Waals surface area (Å²) in [5, 5.41) is 15.8. The highest BCUT2D eigenvalue weighted by Crippen LogP contribution is 2.33. The standard InChI is InChI=1S/C20H27N7O3/c1-13-8-16(25(2)23-13)19(29)26-7-3-6-20(11-26)12-27-17(10-30-20)15(22-24-27)9-21-18(28)14-4-5-14/h8,14H,3-7,9-12H2,1-2H3,(H,21,28). The van der Waals surface area contributed by atoms with Crippen LogP contribution < -0.4 is 5.32 Å². The number of nitrogens with one attached hydrogen (secondary N) is 1. The fourth-order valence-electron chi connectivity index (χ4n) is 4.48. The number of carbonyl (C=O) groups excluding carboxylic acids is 2. The number of amides is 2. The largest absolute Gasteiger partial charge is 0.365 e. The van der Waals surface area contributed by atoms with E-state index >= 15 is 0 Å². The second-order valence-electron chi connectivity index (χ2n) is 8.73. The first-order valence-electron chi connectivity index (χ1n) is 10.6. The molecule has 2 amide bonds. The minimum absolute atomic E-state index is 0.0198. The van der Waals surface area contributed by atoms with Gasteiger partial charge in [0.1, 0.15) is 17.0 Å². The van der Waals surface area contributed by atoms with E-state index in [1.54, 1.807) is 11.7 Å². The van der Waals surface area contributed by atoms with Gasteiger partial charge in [0.25, 0.3) is 5.91 Å². The highest BCUT2D eigenvalue weighted by molar-refractivity contribution is 5.92. The summed E-state index contributed by atoms with van der Waals surface area (Å²) in [4.78, 5) is 26.8. The van der Waals surface area contributed by atoms with Crippen molar-refractivity contribution in [1.82, 2.24) is 35.0 Å². The number of rotatable bonds is 4. The Balaban J connectivity index is 1.28. The Hall–Kier alpha value is -2.75. The van der Waals surface area contributed by atoms with Gasteiger partial charge in [0.2, 0.25) is 5.91 Å².